The first kappa shape index (κ1) is 13.6. The highest BCUT2D eigenvalue weighted by Gasteiger charge is 2.10. The smallest absolute Gasteiger partial charge is 0.169 e. The molecule has 0 aliphatic heterocycles. The number of hydrogen-bond donors (Lipinski definition) is 2. The maximum absolute atomic E-state index is 9.81. The molecule has 0 radical (unpaired) electrons. The molecule has 0 heterocycles. The molecule has 100 valence electrons. The monoisotopic (exact) mass is 276 g/mol. The maximum Gasteiger partial charge on any atom is 0.169 e. The van der Waals surface area contributed by atoms with E-state index in [1.807, 2.05) is 32.0 Å². The minimum atomic E-state index is 0.0480. The zero-order valence-corrected chi connectivity index (χ0v) is 11.7. The lowest BCUT2D eigenvalue weighted by molar-refractivity contribution is 0.233. The molecule has 0 saturated heterocycles. The van der Waals surface area contributed by atoms with E-state index in [0.29, 0.717) is 22.1 Å². The lowest BCUT2D eigenvalue weighted by Crippen LogP contribution is -2.06. The number of ether oxygens (including phenoxy) is 2. The molecular weight excluding hydrogens is 260 g/mol. The predicted octanol–water partition coefficient (Wildman–Crippen LogP) is 4.26. The van der Waals surface area contributed by atoms with E-state index in [4.69, 9.17) is 9.47 Å². The Kier molecular flexibility index (Phi) is 4.22. The second-order valence-corrected chi connectivity index (χ2v) is 4.88. The third kappa shape index (κ3) is 3.58. The summed E-state index contributed by atoms with van der Waals surface area (Å²) in [6, 6.07) is 12.3. The van der Waals surface area contributed by atoms with E-state index in [1.165, 1.54) is 6.07 Å². The molecule has 19 heavy (non-hydrogen) atoms. The van der Waals surface area contributed by atoms with Gasteiger partial charge in [-0.3, -0.25) is 0 Å². The molecule has 0 fully saturated rings. The summed E-state index contributed by atoms with van der Waals surface area (Å²) in [5, 5.41) is 9.81. The Morgan fingerprint density at radius 2 is 1.68 bits per heavy atom. The van der Waals surface area contributed by atoms with E-state index >= 15 is 0 Å². The highest BCUT2D eigenvalue weighted by molar-refractivity contribution is 7.80. The van der Waals surface area contributed by atoms with Crippen LogP contribution in [0.15, 0.2) is 47.4 Å². The molecule has 4 heteroatoms. The average molecular weight is 276 g/mol. The second-order valence-electron chi connectivity index (χ2n) is 4.37. The van der Waals surface area contributed by atoms with Crippen molar-refractivity contribution in [2.24, 2.45) is 0 Å². The van der Waals surface area contributed by atoms with E-state index in [9.17, 15) is 5.11 Å². The molecule has 2 rings (SSSR count). The van der Waals surface area contributed by atoms with Crippen molar-refractivity contribution >= 4 is 12.6 Å². The van der Waals surface area contributed by atoms with Gasteiger partial charge in [0.15, 0.2) is 23.0 Å². The number of thiol groups is 1. The van der Waals surface area contributed by atoms with Gasteiger partial charge in [0.05, 0.1) is 6.10 Å². The number of benzene rings is 2. The summed E-state index contributed by atoms with van der Waals surface area (Å²) in [5.41, 5.74) is 0. The number of rotatable bonds is 4. The van der Waals surface area contributed by atoms with Gasteiger partial charge in [-0.15, -0.1) is 12.6 Å². The average Bonchev–Trinajstić information content (AvgIpc) is 2.34. The molecule has 0 aliphatic carbocycles. The van der Waals surface area contributed by atoms with E-state index in [2.05, 4.69) is 12.6 Å². The number of phenolic OH excluding ortho intramolecular Hbond substituents is 1. The standard InChI is InChI=1S/C15H16O3S/c1-10(2)17-14-5-3-4-6-15(14)18-13-8-7-11(19)9-12(13)16/h3-10,16,19H,1-2H3. The van der Waals surface area contributed by atoms with Crippen LogP contribution in [0.5, 0.6) is 23.0 Å². The highest BCUT2D eigenvalue weighted by atomic mass is 32.1. The molecule has 0 unspecified atom stereocenters. The van der Waals surface area contributed by atoms with Crippen molar-refractivity contribution < 1.29 is 14.6 Å². The molecule has 3 nitrogen and oxygen atoms in total. The Balaban J connectivity index is 2.27. The fourth-order valence-corrected chi connectivity index (χ4v) is 1.79. The van der Waals surface area contributed by atoms with Crippen LogP contribution in [0.3, 0.4) is 0 Å². The molecule has 2 aromatic rings. The first-order valence-corrected chi connectivity index (χ1v) is 6.46. The van der Waals surface area contributed by atoms with E-state index in [-0.39, 0.29) is 11.9 Å². The Morgan fingerprint density at radius 1 is 1.00 bits per heavy atom. The summed E-state index contributed by atoms with van der Waals surface area (Å²) in [6.07, 6.45) is 0.0539. The van der Waals surface area contributed by atoms with E-state index in [1.54, 1.807) is 18.2 Å². The summed E-state index contributed by atoms with van der Waals surface area (Å²) in [5.74, 6) is 1.63. The van der Waals surface area contributed by atoms with Gasteiger partial charge in [0.25, 0.3) is 0 Å². The second kappa shape index (κ2) is 5.89. The van der Waals surface area contributed by atoms with Crippen molar-refractivity contribution in [1.82, 2.24) is 0 Å². The molecule has 0 spiro atoms. The zero-order valence-electron chi connectivity index (χ0n) is 10.8. The lowest BCUT2D eigenvalue weighted by Gasteiger charge is -2.15. The summed E-state index contributed by atoms with van der Waals surface area (Å²) in [4.78, 5) is 0.677. The third-order valence-corrected chi connectivity index (χ3v) is 2.65. The van der Waals surface area contributed by atoms with Crippen LogP contribution < -0.4 is 9.47 Å². The predicted molar refractivity (Wildman–Crippen MR) is 77.6 cm³/mol. The van der Waals surface area contributed by atoms with Crippen molar-refractivity contribution in [1.29, 1.82) is 0 Å². The van der Waals surface area contributed by atoms with Gasteiger partial charge in [0.1, 0.15) is 0 Å². The van der Waals surface area contributed by atoms with Gasteiger partial charge in [-0.2, -0.15) is 0 Å². The number of hydrogen-bond acceptors (Lipinski definition) is 4. The molecular formula is C15H16O3S. The van der Waals surface area contributed by atoms with Crippen molar-refractivity contribution in [3.05, 3.63) is 42.5 Å². The topological polar surface area (TPSA) is 38.7 Å². The molecule has 0 aliphatic rings. The fourth-order valence-electron chi connectivity index (χ4n) is 1.60. The minimum absolute atomic E-state index is 0.0480. The number of phenols is 1. The van der Waals surface area contributed by atoms with Crippen LogP contribution in [0.1, 0.15) is 13.8 Å². The molecule has 0 bridgehead atoms. The van der Waals surface area contributed by atoms with Crippen LogP contribution in [0.2, 0.25) is 0 Å². The first-order chi connectivity index (χ1) is 9.06. The van der Waals surface area contributed by atoms with Crippen LogP contribution in [0.25, 0.3) is 0 Å². The van der Waals surface area contributed by atoms with E-state index in [0.717, 1.165) is 0 Å². The molecule has 0 amide bonds. The first-order valence-electron chi connectivity index (χ1n) is 6.02. The Hall–Kier alpha value is -1.81. The Morgan fingerprint density at radius 3 is 2.32 bits per heavy atom. The minimum Gasteiger partial charge on any atom is -0.504 e. The fraction of sp³-hybridized carbons (Fsp3) is 0.200. The lowest BCUT2D eigenvalue weighted by atomic mass is 10.3. The van der Waals surface area contributed by atoms with E-state index < -0.39 is 0 Å². The van der Waals surface area contributed by atoms with Gasteiger partial charge in [-0.25, -0.2) is 0 Å². The molecule has 2 aromatic carbocycles. The van der Waals surface area contributed by atoms with Crippen LogP contribution in [-0.2, 0) is 0 Å². The third-order valence-electron chi connectivity index (χ3n) is 2.37. The van der Waals surface area contributed by atoms with Gasteiger partial charge >= 0.3 is 0 Å². The van der Waals surface area contributed by atoms with Crippen molar-refractivity contribution in [3.8, 4) is 23.0 Å². The molecule has 0 saturated carbocycles. The number of aromatic hydroxyl groups is 1. The maximum atomic E-state index is 9.81. The van der Waals surface area contributed by atoms with Crippen LogP contribution >= 0.6 is 12.6 Å². The quantitative estimate of drug-likeness (QED) is 0.819. The summed E-state index contributed by atoms with van der Waals surface area (Å²) in [7, 11) is 0. The SMILES string of the molecule is CC(C)Oc1ccccc1Oc1ccc(S)cc1O. The van der Waals surface area contributed by atoms with Gasteiger partial charge in [-0.05, 0) is 44.2 Å². The normalized spacial score (nSPS) is 10.5. The highest BCUT2D eigenvalue weighted by Crippen LogP contribution is 2.36. The van der Waals surface area contributed by atoms with Crippen molar-refractivity contribution in [2.75, 3.05) is 0 Å². The largest absolute Gasteiger partial charge is 0.504 e. The van der Waals surface area contributed by atoms with Gasteiger partial charge in [0.2, 0.25) is 0 Å². The molecule has 0 aromatic heterocycles. The summed E-state index contributed by atoms with van der Waals surface area (Å²) < 4.78 is 11.3. The van der Waals surface area contributed by atoms with Crippen LogP contribution in [0, 0.1) is 0 Å². The van der Waals surface area contributed by atoms with Crippen molar-refractivity contribution in [3.63, 3.8) is 0 Å². The Labute approximate surface area is 118 Å². The summed E-state index contributed by atoms with van der Waals surface area (Å²) in [6.45, 7) is 3.90. The Bertz CT molecular complexity index is 567. The van der Waals surface area contributed by atoms with Crippen LogP contribution in [0.4, 0.5) is 0 Å². The van der Waals surface area contributed by atoms with Gasteiger partial charge in [-0.1, -0.05) is 12.1 Å². The van der Waals surface area contributed by atoms with Crippen LogP contribution in [-0.4, -0.2) is 11.2 Å². The molecule has 1 N–H and O–H groups in total. The summed E-state index contributed by atoms with van der Waals surface area (Å²) >= 11 is 4.15. The van der Waals surface area contributed by atoms with Crippen molar-refractivity contribution in [2.45, 2.75) is 24.8 Å². The molecule has 0 atom stereocenters. The number of para-hydroxylation sites is 2. The van der Waals surface area contributed by atoms with Gasteiger partial charge < -0.3 is 14.6 Å². The van der Waals surface area contributed by atoms with Gasteiger partial charge in [0, 0.05) is 4.90 Å². The zero-order chi connectivity index (χ0) is 13.8.